The molecular formula is C11H20N4. The van der Waals surface area contributed by atoms with Gasteiger partial charge in [-0.05, 0) is 13.8 Å². The Morgan fingerprint density at radius 2 is 2.20 bits per heavy atom. The number of hydrogen-bond acceptors (Lipinski definition) is 3. The summed E-state index contributed by atoms with van der Waals surface area (Å²) in [7, 11) is 0. The van der Waals surface area contributed by atoms with Gasteiger partial charge in [0, 0.05) is 51.2 Å². The van der Waals surface area contributed by atoms with E-state index < -0.39 is 0 Å². The normalized spacial score (nSPS) is 20.4. The number of imidazole rings is 1. The summed E-state index contributed by atoms with van der Waals surface area (Å²) in [4.78, 5) is 6.78. The van der Waals surface area contributed by atoms with Gasteiger partial charge in [-0.3, -0.25) is 4.90 Å². The van der Waals surface area contributed by atoms with Crippen molar-refractivity contribution in [2.45, 2.75) is 19.9 Å². The fourth-order valence-corrected chi connectivity index (χ4v) is 2.21. The van der Waals surface area contributed by atoms with Gasteiger partial charge in [0.1, 0.15) is 5.82 Å². The Morgan fingerprint density at radius 1 is 1.47 bits per heavy atom. The summed E-state index contributed by atoms with van der Waals surface area (Å²) in [5, 5.41) is 3.37. The van der Waals surface area contributed by atoms with E-state index in [0.717, 1.165) is 38.5 Å². The van der Waals surface area contributed by atoms with Crippen molar-refractivity contribution in [1.29, 1.82) is 0 Å². The second kappa shape index (κ2) is 4.77. The molecule has 1 N–H and O–H groups in total. The molecule has 0 aliphatic carbocycles. The predicted octanol–water partition coefficient (Wildman–Crippen LogP) is 0.658. The number of nitrogens with zero attached hydrogens (tertiary/aromatic N) is 3. The highest BCUT2D eigenvalue weighted by molar-refractivity contribution is 4.92. The third-order valence-electron chi connectivity index (χ3n) is 3.07. The highest BCUT2D eigenvalue weighted by Gasteiger charge is 2.14. The van der Waals surface area contributed by atoms with Crippen molar-refractivity contribution in [3.63, 3.8) is 0 Å². The van der Waals surface area contributed by atoms with E-state index >= 15 is 0 Å². The molecule has 0 radical (unpaired) electrons. The van der Waals surface area contributed by atoms with Crippen LogP contribution in [0.25, 0.3) is 0 Å². The molecule has 0 amide bonds. The SMILES string of the molecule is Cc1nccn1C(C)CN1CCNCC1. The summed E-state index contributed by atoms with van der Waals surface area (Å²) in [6.45, 7) is 10.0. The first-order valence-electron chi connectivity index (χ1n) is 5.70. The van der Waals surface area contributed by atoms with Crippen molar-refractivity contribution < 1.29 is 0 Å². The third kappa shape index (κ3) is 2.58. The fraction of sp³-hybridized carbons (Fsp3) is 0.727. The number of hydrogen-bond donors (Lipinski definition) is 1. The molecular weight excluding hydrogens is 188 g/mol. The van der Waals surface area contributed by atoms with Gasteiger partial charge in [-0.15, -0.1) is 0 Å². The zero-order valence-corrected chi connectivity index (χ0v) is 9.61. The zero-order chi connectivity index (χ0) is 10.7. The van der Waals surface area contributed by atoms with Gasteiger partial charge in [0.15, 0.2) is 0 Å². The van der Waals surface area contributed by atoms with Crippen LogP contribution in [0.5, 0.6) is 0 Å². The van der Waals surface area contributed by atoms with Crippen LogP contribution in [-0.4, -0.2) is 47.2 Å². The molecule has 1 aliphatic rings. The number of piperazine rings is 1. The lowest BCUT2D eigenvalue weighted by molar-refractivity contribution is 0.211. The molecule has 1 atom stereocenters. The second-order valence-electron chi connectivity index (χ2n) is 4.28. The van der Waals surface area contributed by atoms with Crippen LogP contribution in [0.2, 0.25) is 0 Å². The van der Waals surface area contributed by atoms with Crippen LogP contribution in [0, 0.1) is 6.92 Å². The van der Waals surface area contributed by atoms with E-state index in [0.29, 0.717) is 6.04 Å². The second-order valence-corrected chi connectivity index (χ2v) is 4.28. The Morgan fingerprint density at radius 3 is 2.80 bits per heavy atom. The van der Waals surface area contributed by atoms with Gasteiger partial charge in [-0.25, -0.2) is 4.98 Å². The third-order valence-corrected chi connectivity index (χ3v) is 3.07. The molecule has 84 valence electrons. The average Bonchev–Trinajstić information content (AvgIpc) is 2.66. The molecule has 0 aromatic carbocycles. The van der Waals surface area contributed by atoms with Gasteiger partial charge in [-0.1, -0.05) is 0 Å². The minimum absolute atomic E-state index is 0.519. The average molecular weight is 208 g/mol. The van der Waals surface area contributed by atoms with Gasteiger partial charge in [0.05, 0.1) is 0 Å². The predicted molar refractivity (Wildman–Crippen MR) is 61.0 cm³/mol. The molecule has 0 saturated carbocycles. The minimum atomic E-state index is 0.519. The number of nitrogens with one attached hydrogen (secondary N) is 1. The molecule has 1 fully saturated rings. The fourth-order valence-electron chi connectivity index (χ4n) is 2.21. The Labute approximate surface area is 91.3 Å². The molecule has 1 aromatic rings. The lowest BCUT2D eigenvalue weighted by Crippen LogP contribution is -2.45. The lowest BCUT2D eigenvalue weighted by atomic mass is 10.2. The van der Waals surface area contributed by atoms with E-state index in [1.807, 2.05) is 6.20 Å². The van der Waals surface area contributed by atoms with Crippen LogP contribution in [0.3, 0.4) is 0 Å². The maximum Gasteiger partial charge on any atom is 0.105 e. The smallest absolute Gasteiger partial charge is 0.105 e. The van der Waals surface area contributed by atoms with Crippen LogP contribution >= 0.6 is 0 Å². The summed E-state index contributed by atoms with van der Waals surface area (Å²) in [5.74, 6) is 1.11. The highest BCUT2D eigenvalue weighted by atomic mass is 15.2. The summed E-state index contributed by atoms with van der Waals surface area (Å²) in [5.41, 5.74) is 0. The van der Waals surface area contributed by atoms with E-state index in [9.17, 15) is 0 Å². The van der Waals surface area contributed by atoms with E-state index in [2.05, 4.69) is 39.8 Å². The molecule has 0 spiro atoms. The Balaban J connectivity index is 1.91. The van der Waals surface area contributed by atoms with E-state index in [1.165, 1.54) is 0 Å². The van der Waals surface area contributed by atoms with Crippen LogP contribution in [0.4, 0.5) is 0 Å². The summed E-state index contributed by atoms with van der Waals surface area (Å²) >= 11 is 0. The Kier molecular flexibility index (Phi) is 3.38. The summed E-state index contributed by atoms with van der Waals surface area (Å²) in [6.07, 6.45) is 3.95. The molecule has 4 nitrogen and oxygen atoms in total. The van der Waals surface area contributed by atoms with Crippen molar-refractivity contribution >= 4 is 0 Å². The number of rotatable bonds is 3. The molecule has 0 bridgehead atoms. The van der Waals surface area contributed by atoms with Crippen molar-refractivity contribution in [1.82, 2.24) is 19.8 Å². The molecule has 1 saturated heterocycles. The lowest BCUT2D eigenvalue weighted by Gasteiger charge is -2.30. The summed E-state index contributed by atoms with van der Waals surface area (Å²) < 4.78 is 2.25. The molecule has 4 heteroatoms. The Hall–Kier alpha value is -0.870. The van der Waals surface area contributed by atoms with Crippen LogP contribution in [0.1, 0.15) is 18.8 Å². The molecule has 1 unspecified atom stereocenters. The van der Waals surface area contributed by atoms with Crippen molar-refractivity contribution in [3.8, 4) is 0 Å². The van der Waals surface area contributed by atoms with Crippen LogP contribution in [-0.2, 0) is 0 Å². The topological polar surface area (TPSA) is 33.1 Å². The molecule has 1 aliphatic heterocycles. The van der Waals surface area contributed by atoms with E-state index in [4.69, 9.17) is 0 Å². The van der Waals surface area contributed by atoms with E-state index in [-0.39, 0.29) is 0 Å². The first kappa shape index (κ1) is 10.6. The zero-order valence-electron chi connectivity index (χ0n) is 9.61. The van der Waals surface area contributed by atoms with Gasteiger partial charge in [-0.2, -0.15) is 0 Å². The van der Waals surface area contributed by atoms with Gasteiger partial charge < -0.3 is 9.88 Å². The Bertz CT molecular complexity index is 301. The first-order valence-corrected chi connectivity index (χ1v) is 5.70. The quantitative estimate of drug-likeness (QED) is 0.792. The molecule has 2 rings (SSSR count). The van der Waals surface area contributed by atoms with E-state index in [1.54, 1.807) is 0 Å². The number of aromatic nitrogens is 2. The largest absolute Gasteiger partial charge is 0.331 e. The maximum atomic E-state index is 4.26. The monoisotopic (exact) mass is 208 g/mol. The maximum absolute atomic E-state index is 4.26. The van der Waals surface area contributed by atoms with Crippen LogP contribution in [0.15, 0.2) is 12.4 Å². The van der Waals surface area contributed by atoms with Gasteiger partial charge in [0.2, 0.25) is 0 Å². The molecule has 1 aromatic heterocycles. The van der Waals surface area contributed by atoms with Crippen molar-refractivity contribution in [2.24, 2.45) is 0 Å². The standard InChI is InChI=1S/C11H20N4/c1-10(15-8-5-13-11(15)2)9-14-6-3-12-4-7-14/h5,8,10,12H,3-4,6-7,9H2,1-2H3. The van der Waals surface area contributed by atoms with Crippen molar-refractivity contribution in [2.75, 3.05) is 32.7 Å². The van der Waals surface area contributed by atoms with Crippen LogP contribution < -0.4 is 5.32 Å². The molecule has 2 heterocycles. The summed E-state index contributed by atoms with van der Waals surface area (Å²) in [6, 6.07) is 0.519. The minimum Gasteiger partial charge on any atom is -0.331 e. The molecule has 15 heavy (non-hydrogen) atoms. The van der Waals surface area contributed by atoms with Crippen molar-refractivity contribution in [3.05, 3.63) is 18.2 Å². The number of aryl methyl sites for hydroxylation is 1. The van der Waals surface area contributed by atoms with Gasteiger partial charge >= 0.3 is 0 Å². The highest BCUT2D eigenvalue weighted by Crippen LogP contribution is 2.10. The first-order chi connectivity index (χ1) is 7.27. The van der Waals surface area contributed by atoms with Gasteiger partial charge in [0.25, 0.3) is 0 Å².